The van der Waals surface area contributed by atoms with Gasteiger partial charge in [-0.2, -0.15) is 0 Å². The molecule has 1 aliphatic heterocycles. The van der Waals surface area contributed by atoms with Gasteiger partial charge in [0.2, 0.25) is 0 Å². The lowest BCUT2D eigenvalue weighted by molar-refractivity contribution is -0.151. The Morgan fingerprint density at radius 1 is 0.937 bits per heavy atom. The molecule has 17 heteroatoms. The van der Waals surface area contributed by atoms with E-state index >= 15 is 0 Å². The number of alkyl carbamates (subject to hydrolysis) is 2. The number of thiazole rings is 1. The maximum atomic E-state index is 12.6. The van der Waals surface area contributed by atoms with E-state index < -0.39 is 53.5 Å². The van der Waals surface area contributed by atoms with E-state index in [2.05, 4.69) is 45.9 Å². The molecule has 4 N–H and O–H groups in total. The van der Waals surface area contributed by atoms with Crippen LogP contribution >= 0.6 is 23.1 Å². The van der Waals surface area contributed by atoms with E-state index in [1.54, 1.807) is 41.5 Å². The first-order chi connectivity index (χ1) is 29.6. The maximum absolute atomic E-state index is 12.6. The number of thioether (sulfide) groups is 1. The molecule has 340 valence electrons. The zero-order valence-corrected chi connectivity index (χ0v) is 38.6. The Morgan fingerprint density at radius 3 is 2.00 bits per heavy atom. The summed E-state index contributed by atoms with van der Waals surface area (Å²) in [6.07, 6.45) is 0.405. The topological polar surface area (TPSA) is 220 Å². The lowest BCUT2D eigenvalue weighted by Crippen LogP contribution is -2.46. The van der Waals surface area contributed by atoms with Crippen LogP contribution in [0.2, 0.25) is 0 Å². The van der Waals surface area contributed by atoms with Crippen LogP contribution in [-0.2, 0) is 39.9 Å². The number of ketones is 2. The van der Waals surface area contributed by atoms with Crippen LogP contribution in [0.15, 0.2) is 84.2 Å². The molecule has 3 aromatic rings. The summed E-state index contributed by atoms with van der Waals surface area (Å²) in [6.45, 7) is 20.7. The lowest BCUT2D eigenvalue weighted by Gasteiger charge is -2.23. The maximum Gasteiger partial charge on any atom is 0.408 e. The summed E-state index contributed by atoms with van der Waals surface area (Å²) in [6, 6.07) is 15.2. The van der Waals surface area contributed by atoms with Crippen molar-refractivity contribution in [3.05, 3.63) is 101 Å². The number of hydrogen-bond donors (Lipinski definition) is 4. The number of carbonyl (C=O) groups is 6. The number of rotatable bonds is 16. The van der Waals surface area contributed by atoms with Gasteiger partial charge in [0.05, 0.1) is 12.6 Å². The van der Waals surface area contributed by atoms with Crippen molar-refractivity contribution in [3.63, 3.8) is 0 Å². The third-order valence-corrected chi connectivity index (χ3v) is 11.3. The van der Waals surface area contributed by atoms with Crippen LogP contribution in [0.4, 0.5) is 9.59 Å². The van der Waals surface area contributed by atoms with E-state index in [-0.39, 0.29) is 49.4 Å². The monoisotopic (exact) mass is 906 g/mol. The third kappa shape index (κ3) is 16.2. The van der Waals surface area contributed by atoms with Gasteiger partial charge in [-0.25, -0.2) is 24.2 Å². The summed E-state index contributed by atoms with van der Waals surface area (Å²) < 4.78 is 16.0. The number of aliphatic hydroxyl groups is 1. The molecule has 0 fully saturated rings. The number of fused-ring (bicyclic) bond motifs is 3. The van der Waals surface area contributed by atoms with Crippen molar-refractivity contribution >= 4 is 63.8 Å². The van der Waals surface area contributed by atoms with Crippen LogP contribution in [-0.4, -0.2) is 97.7 Å². The lowest BCUT2D eigenvalue weighted by atomic mass is 9.98. The van der Waals surface area contributed by atoms with Gasteiger partial charge in [0.15, 0.2) is 5.54 Å². The molecule has 1 unspecified atom stereocenters. The average Bonchev–Trinajstić information content (AvgIpc) is 3.94. The van der Waals surface area contributed by atoms with E-state index in [1.165, 1.54) is 49.1 Å². The highest BCUT2D eigenvalue weighted by Crippen LogP contribution is 2.44. The van der Waals surface area contributed by atoms with Crippen molar-refractivity contribution < 1.29 is 53.2 Å². The van der Waals surface area contributed by atoms with Crippen LogP contribution in [0, 0.1) is 5.92 Å². The van der Waals surface area contributed by atoms with Crippen molar-refractivity contribution in [1.82, 2.24) is 15.6 Å². The summed E-state index contributed by atoms with van der Waals surface area (Å²) in [7, 11) is 0. The van der Waals surface area contributed by atoms with Crippen LogP contribution in [0.3, 0.4) is 0 Å². The van der Waals surface area contributed by atoms with Crippen molar-refractivity contribution in [2.75, 3.05) is 12.4 Å². The second-order valence-electron chi connectivity index (χ2n) is 16.3. The molecule has 0 bridgehead atoms. The number of hydrogen-bond acceptors (Lipinski definition) is 14. The molecule has 2 aromatic carbocycles. The number of nitrogens with one attached hydrogen (secondary N) is 2. The zero-order chi connectivity index (χ0) is 47.1. The first-order valence-electron chi connectivity index (χ1n) is 20.2. The molecule has 15 nitrogen and oxygen atoms in total. The Balaban J connectivity index is 0.000000296. The van der Waals surface area contributed by atoms with Crippen molar-refractivity contribution in [2.24, 2.45) is 10.9 Å². The molecule has 2 heterocycles. The number of carboxylic acids is 1. The summed E-state index contributed by atoms with van der Waals surface area (Å²) in [5.41, 5.74) is 3.50. The largest absolute Gasteiger partial charge is 0.479 e. The van der Waals surface area contributed by atoms with E-state index in [0.717, 1.165) is 22.3 Å². The van der Waals surface area contributed by atoms with Gasteiger partial charge >= 0.3 is 24.1 Å². The molecule has 1 aliphatic carbocycles. The molecular weight excluding hydrogens is 849 g/mol. The number of carboxylic acid groups (broad SMARTS) is 1. The minimum absolute atomic E-state index is 0.0163. The number of benzene rings is 2. The summed E-state index contributed by atoms with van der Waals surface area (Å²) in [4.78, 5) is 78.2. The highest BCUT2D eigenvalue weighted by atomic mass is 32.2. The number of aliphatic imine (C=N–C) groups is 1. The molecular formula is C46H58N4O11S2. The molecule has 1 aromatic heterocycles. The molecule has 2 amide bonds. The van der Waals surface area contributed by atoms with Crippen LogP contribution in [0.25, 0.3) is 11.1 Å². The number of aliphatic carboxylic acids is 1. The first kappa shape index (κ1) is 51.7. The zero-order valence-electron chi connectivity index (χ0n) is 37.0. The van der Waals surface area contributed by atoms with Gasteiger partial charge in [0.1, 0.15) is 51.7 Å². The Morgan fingerprint density at radius 2 is 1.52 bits per heavy atom. The minimum atomic E-state index is -1.10. The van der Waals surface area contributed by atoms with Gasteiger partial charge in [0, 0.05) is 29.9 Å². The number of amides is 2. The SMILES string of the molecule is C=C[C@@H](O)CC(C)=O.C=C[C@H](CC(C)=O)OC(=O)C(NC(=O)OCC1c2ccccc2-c2ccccc21)C(C)C.CC(C)(C)OC(=O)NCc1nc(C2=N[C@@](C)(C(=O)O)CS2)cs1. The summed E-state index contributed by atoms with van der Waals surface area (Å²) >= 11 is 2.76. The summed E-state index contributed by atoms with van der Waals surface area (Å²) in [5.74, 6) is -1.61. The fraction of sp³-hybridized carbons (Fsp3) is 0.435. The van der Waals surface area contributed by atoms with Crippen LogP contribution in [0.1, 0.15) is 96.0 Å². The van der Waals surface area contributed by atoms with Crippen molar-refractivity contribution in [1.29, 1.82) is 0 Å². The Hall–Kier alpha value is -5.65. The van der Waals surface area contributed by atoms with Gasteiger partial charge in [-0.05, 0) is 69.7 Å². The molecule has 4 atom stereocenters. The van der Waals surface area contributed by atoms with Crippen molar-refractivity contribution in [3.8, 4) is 11.1 Å². The normalized spacial score (nSPS) is 16.4. The van der Waals surface area contributed by atoms with Gasteiger partial charge in [0.25, 0.3) is 0 Å². The minimum Gasteiger partial charge on any atom is -0.479 e. The Kier molecular flexibility index (Phi) is 19.4. The van der Waals surface area contributed by atoms with E-state index in [9.17, 15) is 33.9 Å². The predicted octanol–water partition coefficient (Wildman–Crippen LogP) is 7.64. The molecule has 2 aliphatic rings. The third-order valence-electron chi connectivity index (χ3n) is 9.18. The van der Waals surface area contributed by atoms with E-state index in [0.29, 0.717) is 21.5 Å². The fourth-order valence-corrected chi connectivity index (χ4v) is 7.93. The molecule has 0 spiro atoms. The summed E-state index contributed by atoms with van der Waals surface area (Å²) in [5, 5.41) is 26.3. The number of ether oxygens (including phenoxy) is 3. The Labute approximate surface area is 376 Å². The fourth-order valence-electron chi connectivity index (χ4n) is 6.01. The van der Waals surface area contributed by atoms with E-state index in [1.807, 2.05) is 41.8 Å². The average molecular weight is 907 g/mol. The van der Waals surface area contributed by atoms with Crippen LogP contribution < -0.4 is 10.6 Å². The molecule has 0 saturated carbocycles. The molecule has 5 rings (SSSR count). The van der Waals surface area contributed by atoms with Gasteiger partial charge in [-0.3, -0.25) is 14.6 Å². The number of aromatic nitrogens is 1. The predicted molar refractivity (Wildman–Crippen MR) is 244 cm³/mol. The van der Waals surface area contributed by atoms with Crippen LogP contribution in [0.5, 0.6) is 0 Å². The second kappa shape index (κ2) is 23.7. The molecule has 63 heavy (non-hydrogen) atoms. The Bertz CT molecular complexity index is 2120. The van der Waals surface area contributed by atoms with Gasteiger partial charge in [-0.15, -0.1) is 29.7 Å². The number of aliphatic hydroxyl groups excluding tert-OH is 1. The standard InChI is InChI=1S/C26H29NO5.C14H19N3O4S2.C6H10O2/c1-5-18(14-17(4)28)32-25(29)24(16(2)3)27-26(30)31-15-23-21-12-8-6-10-19(21)20-11-7-9-13-22(20)23;1-13(2,3)21-12(20)15-5-9-16-8(6-22-9)10-17-14(4,7-23-10)11(18)19;1-3-6(8)4-5(2)7/h5-13,16,18,23-24H,1,14-15H2,2-4H3,(H,27,30);6H,5,7H2,1-4H3,(H,15,20)(H,18,19);3,6,8H,1,4H2,2H3/t18-,24?;14-;6-/m111/s1. The highest BCUT2D eigenvalue weighted by Gasteiger charge is 2.39. The number of nitrogens with zero attached hydrogens (tertiary/aromatic N) is 2. The number of Topliss-reactive ketones (excluding diaryl/α,β-unsaturated/α-hetero) is 2. The molecule has 0 saturated heterocycles. The van der Waals surface area contributed by atoms with E-state index in [4.69, 9.17) is 19.3 Å². The van der Waals surface area contributed by atoms with Crippen molar-refractivity contribution in [2.45, 2.75) is 110 Å². The quantitative estimate of drug-likeness (QED) is 0.0618. The van der Waals surface area contributed by atoms with Gasteiger partial charge in [-0.1, -0.05) is 81.1 Å². The smallest absolute Gasteiger partial charge is 0.408 e. The highest BCUT2D eigenvalue weighted by molar-refractivity contribution is 8.14. The number of esters is 1. The first-order valence-corrected chi connectivity index (χ1v) is 22.1. The molecule has 0 radical (unpaired) electrons. The second-order valence-corrected chi connectivity index (χ2v) is 18.2. The number of carbonyl (C=O) groups excluding carboxylic acids is 5. The van der Waals surface area contributed by atoms with Gasteiger partial charge < -0.3 is 35.1 Å².